The molecule has 0 aliphatic rings. The van der Waals surface area contributed by atoms with E-state index in [-0.39, 0.29) is 10.9 Å². The molecule has 0 heterocycles. The number of nitriles is 1. The molecule has 2 rings (SSSR count). The van der Waals surface area contributed by atoms with E-state index >= 15 is 0 Å². The molecular weight excluding hydrogens is 322 g/mol. The number of likely N-dealkylation sites (N-methyl/N-ethyl adjacent to an activating group) is 1. The first-order chi connectivity index (χ1) is 11.4. The number of nitrogens with zero attached hydrogens (tertiary/aromatic N) is 2. The van der Waals surface area contributed by atoms with Crippen LogP contribution in [0.25, 0.3) is 0 Å². The second kappa shape index (κ2) is 8.06. The van der Waals surface area contributed by atoms with Crippen LogP contribution >= 0.6 is 0 Å². The first kappa shape index (κ1) is 18.1. The Hall–Kier alpha value is -2.20. The van der Waals surface area contributed by atoms with Crippen molar-refractivity contribution in [3.8, 4) is 6.07 Å². The summed E-state index contributed by atoms with van der Waals surface area (Å²) in [6.07, 6.45) is 0.754. The predicted molar refractivity (Wildman–Crippen MR) is 94.0 cm³/mol. The molecular formula is C18H21N3O2S. The molecule has 0 amide bonds. The van der Waals surface area contributed by atoms with Crippen LogP contribution in [-0.2, 0) is 16.4 Å². The van der Waals surface area contributed by atoms with Crippen LogP contribution in [0.4, 0.5) is 0 Å². The van der Waals surface area contributed by atoms with Gasteiger partial charge in [0, 0.05) is 12.6 Å². The van der Waals surface area contributed by atoms with Crippen molar-refractivity contribution in [2.75, 3.05) is 20.6 Å². The lowest BCUT2D eigenvalue weighted by atomic mass is 10.1. The largest absolute Gasteiger partial charge is 0.305 e. The maximum absolute atomic E-state index is 12.4. The first-order valence-corrected chi connectivity index (χ1v) is 9.11. The van der Waals surface area contributed by atoms with Gasteiger partial charge in [0.1, 0.15) is 0 Å². The minimum Gasteiger partial charge on any atom is -0.305 e. The van der Waals surface area contributed by atoms with E-state index in [9.17, 15) is 8.42 Å². The Morgan fingerprint density at radius 2 is 1.71 bits per heavy atom. The molecule has 1 unspecified atom stereocenters. The normalized spacial score (nSPS) is 12.8. The fourth-order valence-electron chi connectivity index (χ4n) is 2.32. The van der Waals surface area contributed by atoms with Gasteiger partial charge in [0.05, 0.1) is 16.5 Å². The van der Waals surface area contributed by atoms with E-state index in [2.05, 4.69) is 4.72 Å². The molecule has 0 aliphatic heterocycles. The van der Waals surface area contributed by atoms with Crippen LogP contribution in [0.2, 0.25) is 0 Å². The Balaban J connectivity index is 2.06. The lowest BCUT2D eigenvalue weighted by Gasteiger charge is -2.24. The van der Waals surface area contributed by atoms with E-state index < -0.39 is 10.0 Å². The molecule has 0 fully saturated rings. The van der Waals surface area contributed by atoms with Crippen LogP contribution < -0.4 is 4.72 Å². The van der Waals surface area contributed by atoms with Gasteiger partial charge in [0.25, 0.3) is 0 Å². The molecule has 0 radical (unpaired) electrons. The zero-order valence-corrected chi connectivity index (χ0v) is 14.6. The van der Waals surface area contributed by atoms with E-state index in [1.165, 1.54) is 24.3 Å². The molecule has 24 heavy (non-hydrogen) atoms. The molecule has 0 saturated heterocycles. The smallest absolute Gasteiger partial charge is 0.240 e. The summed E-state index contributed by atoms with van der Waals surface area (Å²) in [6, 6.07) is 17.9. The van der Waals surface area contributed by atoms with Crippen LogP contribution in [0.15, 0.2) is 59.5 Å². The molecule has 0 spiro atoms. The van der Waals surface area contributed by atoms with Crippen molar-refractivity contribution in [3.05, 3.63) is 65.7 Å². The number of hydrogen-bond donors (Lipinski definition) is 1. The molecule has 2 aromatic carbocycles. The minimum absolute atomic E-state index is 0.0422. The highest BCUT2D eigenvalue weighted by Crippen LogP contribution is 2.11. The summed E-state index contributed by atoms with van der Waals surface area (Å²) in [5.41, 5.74) is 1.60. The zero-order chi connectivity index (χ0) is 17.6. The molecule has 0 bridgehead atoms. The van der Waals surface area contributed by atoms with Gasteiger partial charge in [0.2, 0.25) is 10.0 Å². The topological polar surface area (TPSA) is 73.2 Å². The average Bonchev–Trinajstić information content (AvgIpc) is 2.59. The lowest BCUT2D eigenvalue weighted by Crippen LogP contribution is -2.41. The van der Waals surface area contributed by atoms with Crippen LogP contribution in [0.1, 0.15) is 11.1 Å². The Morgan fingerprint density at radius 1 is 1.08 bits per heavy atom. The summed E-state index contributed by atoms with van der Waals surface area (Å²) < 4.78 is 27.5. The van der Waals surface area contributed by atoms with Crippen LogP contribution in [0, 0.1) is 11.3 Å². The van der Waals surface area contributed by atoms with Crippen LogP contribution in [0.3, 0.4) is 0 Å². The molecule has 2 aromatic rings. The van der Waals surface area contributed by atoms with Crippen molar-refractivity contribution in [1.82, 2.24) is 9.62 Å². The van der Waals surface area contributed by atoms with E-state index in [0.29, 0.717) is 12.1 Å². The van der Waals surface area contributed by atoms with E-state index in [0.717, 1.165) is 12.0 Å². The van der Waals surface area contributed by atoms with Crippen molar-refractivity contribution in [2.45, 2.75) is 17.4 Å². The van der Waals surface area contributed by atoms with Gasteiger partial charge in [-0.25, -0.2) is 13.1 Å². The molecule has 6 heteroatoms. The van der Waals surface area contributed by atoms with Gasteiger partial charge < -0.3 is 4.90 Å². The Labute approximate surface area is 143 Å². The van der Waals surface area contributed by atoms with Crippen molar-refractivity contribution >= 4 is 10.0 Å². The molecule has 126 valence electrons. The number of nitrogens with one attached hydrogen (secondary N) is 1. The number of sulfonamides is 1. The third-order valence-electron chi connectivity index (χ3n) is 3.85. The lowest BCUT2D eigenvalue weighted by molar-refractivity contribution is 0.291. The van der Waals surface area contributed by atoms with Crippen LogP contribution in [-0.4, -0.2) is 40.0 Å². The van der Waals surface area contributed by atoms with Gasteiger partial charge in [-0.2, -0.15) is 5.26 Å². The van der Waals surface area contributed by atoms with Gasteiger partial charge in [-0.1, -0.05) is 30.3 Å². The standard InChI is InChI=1S/C18H21N3O2S/c1-21(2)17(12-15-6-4-3-5-7-15)14-20-24(22,23)18-10-8-16(13-19)9-11-18/h3-11,17,20H,12,14H2,1-2H3. The summed E-state index contributed by atoms with van der Waals surface area (Å²) >= 11 is 0. The fourth-order valence-corrected chi connectivity index (χ4v) is 3.39. The quantitative estimate of drug-likeness (QED) is 0.835. The maximum atomic E-state index is 12.4. The average molecular weight is 343 g/mol. The monoisotopic (exact) mass is 343 g/mol. The Bertz CT molecular complexity index is 794. The molecule has 0 aromatic heterocycles. The van der Waals surface area contributed by atoms with Crippen molar-refractivity contribution in [3.63, 3.8) is 0 Å². The Kier molecular flexibility index (Phi) is 6.10. The predicted octanol–water partition coefficient (Wildman–Crippen LogP) is 2.01. The maximum Gasteiger partial charge on any atom is 0.240 e. The molecule has 0 saturated carbocycles. The fraction of sp³-hybridized carbons (Fsp3) is 0.278. The number of hydrogen-bond acceptors (Lipinski definition) is 4. The molecule has 1 N–H and O–H groups in total. The van der Waals surface area contributed by atoms with Crippen LogP contribution in [0.5, 0.6) is 0 Å². The summed E-state index contributed by atoms with van der Waals surface area (Å²) in [7, 11) is 0.276. The third kappa shape index (κ3) is 4.90. The highest BCUT2D eigenvalue weighted by Gasteiger charge is 2.18. The SMILES string of the molecule is CN(C)C(CNS(=O)(=O)c1ccc(C#N)cc1)Cc1ccccc1. The van der Waals surface area contributed by atoms with Gasteiger partial charge in [-0.05, 0) is 50.3 Å². The first-order valence-electron chi connectivity index (χ1n) is 7.62. The van der Waals surface area contributed by atoms with Crippen molar-refractivity contribution < 1.29 is 8.42 Å². The minimum atomic E-state index is -3.59. The van der Waals surface area contributed by atoms with Gasteiger partial charge in [-0.15, -0.1) is 0 Å². The van der Waals surface area contributed by atoms with E-state index in [1.54, 1.807) is 0 Å². The van der Waals surface area contributed by atoms with Gasteiger partial charge in [-0.3, -0.25) is 0 Å². The third-order valence-corrected chi connectivity index (χ3v) is 5.29. The summed E-state index contributed by atoms with van der Waals surface area (Å²) in [4.78, 5) is 2.17. The van der Waals surface area contributed by atoms with Crippen molar-refractivity contribution in [2.24, 2.45) is 0 Å². The van der Waals surface area contributed by atoms with Gasteiger partial charge in [0.15, 0.2) is 0 Å². The number of benzene rings is 2. The highest BCUT2D eigenvalue weighted by atomic mass is 32.2. The van der Waals surface area contributed by atoms with Gasteiger partial charge >= 0.3 is 0 Å². The van der Waals surface area contributed by atoms with E-state index in [4.69, 9.17) is 5.26 Å². The summed E-state index contributed by atoms with van der Waals surface area (Å²) in [6.45, 7) is 0.310. The zero-order valence-electron chi connectivity index (χ0n) is 13.8. The Morgan fingerprint density at radius 3 is 2.25 bits per heavy atom. The molecule has 5 nitrogen and oxygen atoms in total. The number of rotatable bonds is 7. The molecule has 1 atom stereocenters. The summed E-state index contributed by atoms with van der Waals surface area (Å²) in [5, 5.41) is 8.79. The van der Waals surface area contributed by atoms with E-state index in [1.807, 2.05) is 55.4 Å². The molecule has 0 aliphatic carbocycles. The highest BCUT2D eigenvalue weighted by molar-refractivity contribution is 7.89. The second-order valence-electron chi connectivity index (χ2n) is 5.80. The summed E-state index contributed by atoms with van der Waals surface area (Å²) in [5.74, 6) is 0. The second-order valence-corrected chi connectivity index (χ2v) is 7.56. The van der Waals surface area contributed by atoms with Crippen molar-refractivity contribution in [1.29, 1.82) is 5.26 Å².